The average molecular weight is 211 g/mol. The van der Waals surface area contributed by atoms with Crippen molar-refractivity contribution >= 4 is 17.7 Å². The number of thioether (sulfide) groups is 1. The minimum atomic E-state index is -0.189. The molecule has 0 aliphatic carbocycles. The molecule has 2 fully saturated rings. The third-order valence-electron chi connectivity index (χ3n) is 2.63. The van der Waals surface area contributed by atoms with E-state index in [1.807, 2.05) is 0 Å². The SMILES string of the molecule is N#C[C@@H]1CCCN1C(=O)[C@H]1NCCS1. The van der Waals surface area contributed by atoms with Crippen molar-refractivity contribution in [3.05, 3.63) is 0 Å². The van der Waals surface area contributed by atoms with Gasteiger partial charge in [-0.1, -0.05) is 0 Å². The first-order chi connectivity index (χ1) is 6.83. The van der Waals surface area contributed by atoms with Crippen LogP contribution >= 0.6 is 11.8 Å². The Morgan fingerprint density at radius 3 is 3.14 bits per heavy atom. The summed E-state index contributed by atoms with van der Waals surface area (Å²) in [6, 6.07) is 2.00. The lowest BCUT2D eigenvalue weighted by Gasteiger charge is -2.22. The van der Waals surface area contributed by atoms with E-state index in [9.17, 15) is 4.79 Å². The number of carbonyl (C=O) groups is 1. The molecule has 14 heavy (non-hydrogen) atoms. The van der Waals surface area contributed by atoms with Gasteiger partial charge in [-0.3, -0.25) is 10.1 Å². The van der Waals surface area contributed by atoms with Gasteiger partial charge >= 0.3 is 0 Å². The van der Waals surface area contributed by atoms with Gasteiger partial charge in [0.25, 0.3) is 5.91 Å². The minimum absolute atomic E-state index is 0.0940. The molecule has 2 rings (SSSR count). The van der Waals surface area contributed by atoms with Crippen molar-refractivity contribution in [3.8, 4) is 6.07 Å². The molecule has 1 amide bonds. The largest absolute Gasteiger partial charge is 0.325 e. The molecule has 2 atom stereocenters. The number of nitrogens with zero attached hydrogens (tertiary/aromatic N) is 2. The van der Waals surface area contributed by atoms with Crippen molar-refractivity contribution in [2.24, 2.45) is 0 Å². The number of nitrogens with one attached hydrogen (secondary N) is 1. The van der Waals surface area contributed by atoms with Gasteiger partial charge in [0.15, 0.2) is 0 Å². The van der Waals surface area contributed by atoms with Crippen LogP contribution in [-0.4, -0.2) is 41.1 Å². The van der Waals surface area contributed by atoms with Crippen LogP contribution in [0.25, 0.3) is 0 Å². The fourth-order valence-electron chi connectivity index (χ4n) is 1.90. The standard InChI is InChI=1S/C9H13N3OS/c10-6-7-2-1-4-12(7)9(13)8-11-3-5-14-8/h7-8,11H,1-5H2/t7-,8-/m0/s1. The molecule has 0 saturated carbocycles. The number of hydrogen-bond acceptors (Lipinski definition) is 4. The lowest BCUT2D eigenvalue weighted by Crippen LogP contribution is -2.44. The first-order valence-electron chi connectivity index (χ1n) is 4.88. The highest BCUT2D eigenvalue weighted by Crippen LogP contribution is 2.22. The maximum atomic E-state index is 11.9. The summed E-state index contributed by atoms with van der Waals surface area (Å²) in [5.74, 6) is 1.08. The van der Waals surface area contributed by atoms with Crippen molar-refractivity contribution < 1.29 is 4.79 Å². The topological polar surface area (TPSA) is 56.1 Å². The third-order valence-corrected chi connectivity index (χ3v) is 3.77. The fraction of sp³-hybridized carbons (Fsp3) is 0.778. The molecule has 0 aromatic heterocycles. The molecule has 0 spiro atoms. The summed E-state index contributed by atoms with van der Waals surface area (Å²) in [6.45, 7) is 1.64. The van der Waals surface area contributed by atoms with E-state index in [-0.39, 0.29) is 17.3 Å². The minimum Gasteiger partial charge on any atom is -0.325 e. The molecule has 2 heterocycles. The molecule has 2 aliphatic rings. The Hall–Kier alpha value is -0.730. The Labute approximate surface area is 87.6 Å². The quantitative estimate of drug-likeness (QED) is 0.671. The van der Waals surface area contributed by atoms with Gasteiger partial charge in [-0.2, -0.15) is 5.26 Å². The van der Waals surface area contributed by atoms with Crippen molar-refractivity contribution in [1.82, 2.24) is 10.2 Å². The molecule has 76 valence electrons. The second-order valence-electron chi connectivity index (χ2n) is 3.52. The molecule has 0 unspecified atom stereocenters. The predicted octanol–water partition coefficient (Wildman–Crippen LogP) is 0.163. The van der Waals surface area contributed by atoms with Crippen molar-refractivity contribution in [2.45, 2.75) is 24.3 Å². The summed E-state index contributed by atoms with van der Waals surface area (Å²) in [5, 5.41) is 11.9. The van der Waals surface area contributed by atoms with E-state index >= 15 is 0 Å². The lowest BCUT2D eigenvalue weighted by molar-refractivity contribution is -0.131. The summed E-state index contributed by atoms with van der Waals surface area (Å²) < 4.78 is 0. The lowest BCUT2D eigenvalue weighted by atomic mass is 10.2. The van der Waals surface area contributed by atoms with E-state index < -0.39 is 0 Å². The van der Waals surface area contributed by atoms with Crippen molar-refractivity contribution in [2.75, 3.05) is 18.8 Å². The van der Waals surface area contributed by atoms with Gasteiger partial charge in [-0.25, -0.2) is 0 Å². The van der Waals surface area contributed by atoms with Gasteiger partial charge in [0.05, 0.1) is 6.07 Å². The van der Waals surface area contributed by atoms with E-state index in [2.05, 4.69) is 11.4 Å². The number of carbonyl (C=O) groups excluding carboxylic acids is 1. The molecule has 0 aromatic rings. The van der Waals surface area contributed by atoms with Crippen LogP contribution in [0.2, 0.25) is 0 Å². The second-order valence-corrected chi connectivity index (χ2v) is 4.74. The molecule has 0 bridgehead atoms. The van der Waals surface area contributed by atoms with Gasteiger partial charge < -0.3 is 4.90 Å². The van der Waals surface area contributed by atoms with E-state index in [1.54, 1.807) is 16.7 Å². The Bertz CT molecular complexity index is 270. The van der Waals surface area contributed by atoms with Crippen LogP contribution in [0.1, 0.15) is 12.8 Å². The summed E-state index contributed by atoms with van der Waals surface area (Å²) in [5.41, 5.74) is 0. The van der Waals surface area contributed by atoms with Gasteiger partial charge in [0.1, 0.15) is 11.4 Å². The zero-order valence-electron chi connectivity index (χ0n) is 7.90. The number of rotatable bonds is 1. The highest BCUT2D eigenvalue weighted by atomic mass is 32.2. The average Bonchev–Trinajstić information content (AvgIpc) is 2.87. The molecule has 2 aliphatic heterocycles. The Morgan fingerprint density at radius 1 is 1.64 bits per heavy atom. The first kappa shape index (κ1) is 9.81. The van der Waals surface area contributed by atoms with E-state index in [4.69, 9.17) is 5.26 Å². The van der Waals surface area contributed by atoms with Crippen molar-refractivity contribution in [1.29, 1.82) is 5.26 Å². The zero-order chi connectivity index (χ0) is 9.97. The normalized spacial score (nSPS) is 31.8. The number of amides is 1. The van der Waals surface area contributed by atoms with Crippen LogP contribution in [0, 0.1) is 11.3 Å². The maximum Gasteiger partial charge on any atom is 0.251 e. The number of likely N-dealkylation sites (tertiary alicyclic amines) is 1. The molecule has 2 saturated heterocycles. The Balaban J connectivity index is 2.00. The highest BCUT2D eigenvalue weighted by molar-refractivity contribution is 8.00. The van der Waals surface area contributed by atoms with Gasteiger partial charge in [0, 0.05) is 18.8 Å². The Kier molecular flexibility index (Phi) is 2.94. The van der Waals surface area contributed by atoms with E-state index in [0.29, 0.717) is 0 Å². The van der Waals surface area contributed by atoms with Gasteiger partial charge in [0.2, 0.25) is 0 Å². The summed E-state index contributed by atoms with van der Waals surface area (Å²) in [6.07, 6.45) is 1.79. The Morgan fingerprint density at radius 2 is 2.50 bits per heavy atom. The zero-order valence-corrected chi connectivity index (χ0v) is 8.72. The summed E-state index contributed by atoms with van der Waals surface area (Å²) >= 11 is 1.64. The van der Waals surface area contributed by atoms with Crippen LogP contribution in [0.15, 0.2) is 0 Å². The number of nitriles is 1. The second kappa shape index (κ2) is 4.20. The number of hydrogen-bond donors (Lipinski definition) is 1. The third kappa shape index (κ3) is 1.72. The summed E-state index contributed by atoms with van der Waals surface area (Å²) in [7, 11) is 0. The molecule has 0 aromatic carbocycles. The van der Waals surface area contributed by atoms with Crippen LogP contribution in [-0.2, 0) is 4.79 Å². The molecular formula is C9H13N3OS. The molecular weight excluding hydrogens is 198 g/mol. The maximum absolute atomic E-state index is 11.9. The first-order valence-corrected chi connectivity index (χ1v) is 5.93. The summed E-state index contributed by atoms with van der Waals surface area (Å²) in [4.78, 5) is 13.6. The van der Waals surface area contributed by atoms with E-state index in [0.717, 1.165) is 31.7 Å². The molecule has 1 N–H and O–H groups in total. The monoisotopic (exact) mass is 211 g/mol. The van der Waals surface area contributed by atoms with Gasteiger partial charge in [-0.05, 0) is 12.8 Å². The van der Waals surface area contributed by atoms with E-state index in [1.165, 1.54) is 0 Å². The smallest absolute Gasteiger partial charge is 0.251 e. The van der Waals surface area contributed by atoms with Gasteiger partial charge in [-0.15, -0.1) is 11.8 Å². The van der Waals surface area contributed by atoms with Crippen molar-refractivity contribution in [3.63, 3.8) is 0 Å². The van der Waals surface area contributed by atoms with Crippen LogP contribution < -0.4 is 5.32 Å². The van der Waals surface area contributed by atoms with Crippen LogP contribution in [0.5, 0.6) is 0 Å². The highest BCUT2D eigenvalue weighted by Gasteiger charge is 2.34. The fourth-order valence-corrected chi connectivity index (χ4v) is 2.88. The van der Waals surface area contributed by atoms with Crippen LogP contribution in [0.4, 0.5) is 0 Å². The molecule has 0 radical (unpaired) electrons. The van der Waals surface area contributed by atoms with Crippen LogP contribution in [0.3, 0.4) is 0 Å². The molecule has 5 heteroatoms. The predicted molar refractivity (Wildman–Crippen MR) is 54.6 cm³/mol. The molecule has 4 nitrogen and oxygen atoms in total.